The first-order valence-corrected chi connectivity index (χ1v) is 14.1. The van der Waals surface area contributed by atoms with E-state index in [1.807, 2.05) is 6.07 Å². The van der Waals surface area contributed by atoms with Crippen LogP contribution < -0.4 is 15.6 Å². The summed E-state index contributed by atoms with van der Waals surface area (Å²) in [6.45, 7) is 0. The van der Waals surface area contributed by atoms with Crippen LogP contribution in [0, 0.1) is 5.82 Å². The number of methoxy groups -OCH3 is 1. The quantitative estimate of drug-likeness (QED) is 0.259. The van der Waals surface area contributed by atoms with Crippen molar-refractivity contribution < 1.29 is 17.5 Å². The average molecular weight is 567 g/mol. The second kappa shape index (κ2) is 10.4. The van der Waals surface area contributed by atoms with Crippen LogP contribution in [-0.2, 0) is 9.84 Å². The summed E-state index contributed by atoms with van der Waals surface area (Å²) in [6, 6.07) is 28.9. The third kappa shape index (κ3) is 4.74. The number of pyridine rings is 1. The number of halogens is 1. The Bertz CT molecular complexity index is 2040. The molecule has 0 atom stereocenters. The summed E-state index contributed by atoms with van der Waals surface area (Å²) in [5.41, 5.74) is 1.09. The summed E-state index contributed by atoms with van der Waals surface area (Å²) in [5.74, 6) is 0.392. The van der Waals surface area contributed by atoms with E-state index in [4.69, 9.17) is 4.74 Å². The predicted molar refractivity (Wildman–Crippen MR) is 155 cm³/mol. The molecule has 0 aliphatic carbocycles. The number of aromatic nitrogens is 3. The lowest BCUT2D eigenvalue weighted by Gasteiger charge is -2.14. The highest BCUT2D eigenvalue weighted by molar-refractivity contribution is 7.91. The SMILES string of the molecule is COc1cccc(S(=O)(=O)c2cc(Nc3ccccn3)cc3c2c(=O)n(-c2ccccc2)n3-c2ccc(F)cc2)c1. The molecule has 0 amide bonds. The average Bonchev–Trinajstić information content (AvgIpc) is 3.29. The van der Waals surface area contributed by atoms with Crippen LogP contribution in [0.5, 0.6) is 5.75 Å². The van der Waals surface area contributed by atoms with Gasteiger partial charge in [0, 0.05) is 11.9 Å². The standard InChI is InChI=1S/C31H23FN4O4S/c1-40-25-10-7-11-26(20-25)41(38,39)28-19-22(34-29-12-5-6-17-33-29)18-27-30(28)31(37)36(23-8-3-2-4-9-23)35(27)24-15-13-21(32)14-16-24/h2-20H,1H3,(H,33,34). The second-order valence-corrected chi connectivity index (χ2v) is 11.0. The first-order valence-electron chi connectivity index (χ1n) is 12.6. The largest absolute Gasteiger partial charge is 0.497 e. The number of ether oxygens (including phenoxy) is 1. The maximum atomic E-state index is 14.2. The topological polar surface area (TPSA) is 95.2 Å². The minimum absolute atomic E-state index is 0.0208. The molecular formula is C31H23FN4O4S. The third-order valence-corrected chi connectivity index (χ3v) is 8.34. The number of anilines is 2. The molecule has 2 aromatic heterocycles. The molecule has 0 aliphatic rings. The summed E-state index contributed by atoms with van der Waals surface area (Å²) < 4.78 is 50.6. The van der Waals surface area contributed by atoms with E-state index in [-0.39, 0.29) is 15.2 Å². The molecule has 0 bridgehead atoms. The number of sulfone groups is 1. The predicted octanol–water partition coefficient (Wildman–Crippen LogP) is 5.90. The van der Waals surface area contributed by atoms with Gasteiger partial charge in [-0.15, -0.1) is 0 Å². The van der Waals surface area contributed by atoms with Gasteiger partial charge in [-0.1, -0.05) is 30.3 Å². The number of hydrogen-bond donors (Lipinski definition) is 1. The Labute approximate surface area is 234 Å². The molecule has 0 saturated carbocycles. The monoisotopic (exact) mass is 566 g/mol. The maximum absolute atomic E-state index is 14.2. The fraction of sp³-hybridized carbons (Fsp3) is 0.0323. The second-order valence-electron chi connectivity index (χ2n) is 9.13. The molecule has 2 heterocycles. The van der Waals surface area contributed by atoms with Gasteiger partial charge in [0.15, 0.2) is 0 Å². The van der Waals surface area contributed by atoms with Crippen molar-refractivity contribution in [2.24, 2.45) is 0 Å². The summed E-state index contributed by atoms with van der Waals surface area (Å²) >= 11 is 0. The number of rotatable bonds is 7. The lowest BCUT2D eigenvalue weighted by molar-refractivity contribution is 0.413. The minimum Gasteiger partial charge on any atom is -0.497 e. The van der Waals surface area contributed by atoms with Crippen molar-refractivity contribution in [1.82, 2.24) is 14.3 Å². The van der Waals surface area contributed by atoms with E-state index in [1.165, 1.54) is 54.3 Å². The number of nitrogens with one attached hydrogen (secondary N) is 1. The molecule has 0 aliphatic heterocycles. The Kier molecular flexibility index (Phi) is 6.60. The molecule has 6 rings (SSSR count). The molecule has 10 heteroatoms. The number of para-hydroxylation sites is 1. The fourth-order valence-electron chi connectivity index (χ4n) is 4.69. The Morgan fingerprint density at radius 3 is 2.24 bits per heavy atom. The Balaban J connectivity index is 1.73. The van der Waals surface area contributed by atoms with Crippen molar-refractivity contribution in [1.29, 1.82) is 0 Å². The van der Waals surface area contributed by atoms with Crippen LogP contribution >= 0.6 is 0 Å². The van der Waals surface area contributed by atoms with E-state index in [2.05, 4.69) is 10.3 Å². The van der Waals surface area contributed by atoms with E-state index in [9.17, 15) is 17.6 Å². The van der Waals surface area contributed by atoms with E-state index < -0.39 is 21.2 Å². The maximum Gasteiger partial charge on any atom is 0.280 e. The zero-order valence-corrected chi connectivity index (χ0v) is 22.5. The minimum atomic E-state index is -4.24. The van der Waals surface area contributed by atoms with Crippen molar-refractivity contribution in [3.05, 3.63) is 132 Å². The van der Waals surface area contributed by atoms with Gasteiger partial charge in [-0.05, 0) is 78.9 Å². The molecule has 0 saturated heterocycles. The highest BCUT2D eigenvalue weighted by Crippen LogP contribution is 2.34. The van der Waals surface area contributed by atoms with Crippen molar-refractivity contribution >= 4 is 32.2 Å². The van der Waals surface area contributed by atoms with Crippen LogP contribution in [0.15, 0.2) is 130 Å². The Morgan fingerprint density at radius 2 is 1.54 bits per heavy atom. The molecule has 4 aromatic carbocycles. The van der Waals surface area contributed by atoms with Gasteiger partial charge in [0.2, 0.25) is 9.84 Å². The summed E-state index contributed by atoms with van der Waals surface area (Å²) in [4.78, 5) is 18.3. The highest BCUT2D eigenvalue weighted by Gasteiger charge is 2.28. The van der Waals surface area contributed by atoms with E-state index in [0.717, 1.165) is 0 Å². The molecule has 41 heavy (non-hydrogen) atoms. The Hall–Kier alpha value is -5.22. The highest BCUT2D eigenvalue weighted by atomic mass is 32.2. The van der Waals surface area contributed by atoms with E-state index in [0.29, 0.717) is 34.1 Å². The zero-order valence-electron chi connectivity index (χ0n) is 21.7. The van der Waals surface area contributed by atoms with Gasteiger partial charge < -0.3 is 10.1 Å². The van der Waals surface area contributed by atoms with Crippen molar-refractivity contribution in [2.45, 2.75) is 9.79 Å². The molecule has 0 fully saturated rings. The Morgan fingerprint density at radius 1 is 0.805 bits per heavy atom. The molecular weight excluding hydrogens is 543 g/mol. The molecule has 0 spiro atoms. The molecule has 8 nitrogen and oxygen atoms in total. The number of hydrogen-bond acceptors (Lipinski definition) is 6. The van der Waals surface area contributed by atoms with Crippen molar-refractivity contribution in [3.63, 3.8) is 0 Å². The fourth-order valence-corrected chi connectivity index (χ4v) is 6.22. The van der Waals surface area contributed by atoms with Gasteiger partial charge in [-0.25, -0.2) is 27.2 Å². The van der Waals surface area contributed by atoms with Crippen LogP contribution in [0.4, 0.5) is 15.9 Å². The van der Waals surface area contributed by atoms with E-state index >= 15 is 0 Å². The van der Waals surface area contributed by atoms with Crippen LogP contribution in [0.1, 0.15) is 0 Å². The summed E-state index contributed by atoms with van der Waals surface area (Å²) in [5, 5.41) is 3.13. The number of benzene rings is 4. The molecule has 0 unspecified atom stereocenters. The molecule has 6 aromatic rings. The van der Waals surface area contributed by atoms with Gasteiger partial charge in [0.1, 0.15) is 17.4 Å². The van der Waals surface area contributed by atoms with Crippen LogP contribution in [0.25, 0.3) is 22.3 Å². The van der Waals surface area contributed by atoms with Gasteiger partial charge in [0.05, 0.1) is 39.2 Å². The number of fused-ring (bicyclic) bond motifs is 1. The lowest BCUT2D eigenvalue weighted by atomic mass is 10.2. The molecule has 204 valence electrons. The first-order chi connectivity index (χ1) is 19.9. The molecule has 0 radical (unpaired) electrons. The lowest BCUT2D eigenvalue weighted by Crippen LogP contribution is -2.20. The third-order valence-electron chi connectivity index (χ3n) is 6.57. The first kappa shape index (κ1) is 26.0. The van der Waals surface area contributed by atoms with E-state index in [1.54, 1.807) is 71.5 Å². The smallest absolute Gasteiger partial charge is 0.280 e. The van der Waals surface area contributed by atoms with Gasteiger partial charge in [-0.3, -0.25) is 4.79 Å². The summed E-state index contributed by atoms with van der Waals surface area (Å²) in [7, 11) is -2.79. The van der Waals surface area contributed by atoms with Crippen LogP contribution in [0.3, 0.4) is 0 Å². The van der Waals surface area contributed by atoms with Crippen LogP contribution in [0.2, 0.25) is 0 Å². The summed E-state index contributed by atoms with van der Waals surface area (Å²) in [6.07, 6.45) is 1.61. The number of nitrogens with zero attached hydrogens (tertiary/aromatic N) is 3. The zero-order chi connectivity index (χ0) is 28.6. The van der Waals surface area contributed by atoms with Gasteiger partial charge in [0.25, 0.3) is 5.56 Å². The molecule has 1 N–H and O–H groups in total. The van der Waals surface area contributed by atoms with Gasteiger partial charge in [-0.2, -0.15) is 0 Å². The van der Waals surface area contributed by atoms with Crippen molar-refractivity contribution in [2.75, 3.05) is 12.4 Å². The van der Waals surface area contributed by atoms with Crippen LogP contribution in [-0.4, -0.2) is 29.9 Å². The van der Waals surface area contributed by atoms with Crippen molar-refractivity contribution in [3.8, 4) is 17.1 Å². The normalized spacial score (nSPS) is 11.5. The van der Waals surface area contributed by atoms with Gasteiger partial charge >= 0.3 is 0 Å².